The summed E-state index contributed by atoms with van der Waals surface area (Å²) in [5.74, 6) is 0.338. The first-order chi connectivity index (χ1) is 11.7. The second-order valence-corrected chi connectivity index (χ2v) is 5.50. The van der Waals surface area contributed by atoms with Crippen molar-refractivity contribution in [3.05, 3.63) is 71.1 Å². The number of aromatic nitrogens is 2. The minimum Gasteiger partial charge on any atom is -0.452 e. The Hall–Kier alpha value is -2.95. The number of aryl methyl sites for hydroxylation is 2. The van der Waals surface area contributed by atoms with Gasteiger partial charge in [-0.05, 0) is 31.0 Å². The molecular formula is C19H18N2O3. The van der Waals surface area contributed by atoms with E-state index >= 15 is 0 Å². The highest BCUT2D eigenvalue weighted by atomic mass is 16.6. The fourth-order valence-electron chi connectivity index (χ4n) is 2.22. The first-order valence-corrected chi connectivity index (χ1v) is 7.81. The number of carbonyl (C=O) groups is 1. The summed E-state index contributed by atoms with van der Waals surface area (Å²) >= 11 is 0. The first kappa shape index (κ1) is 15.9. The Morgan fingerprint density at radius 1 is 1.08 bits per heavy atom. The molecule has 0 spiro atoms. The third-order valence-corrected chi connectivity index (χ3v) is 3.70. The molecule has 0 amide bonds. The van der Waals surface area contributed by atoms with Crippen molar-refractivity contribution in [2.75, 3.05) is 0 Å². The van der Waals surface area contributed by atoms with Crippen LogP contribution in [0.5, 0.6) is 0 Å². The molecule has 0 aliphatic carbocycles. The smallest absolute Gasteiger partial charge is 0.338 e. The number of esters is 1. The largest absolute Gasteiger partial charge is 0.452 e. The van der Waals surface area contributed by atoms with Crippen LogP contribution in [-0.2, 0) is 17.8 Å². The molecule has 24 heavy (non-hydrogen) atoms. The molecule has 0 unspecified atom stereocenters. The fraction of sp³-hybridized carbons (Fsp3) is 0.211. The summed E-state index contributed by atoms with van der Waals surface area (Å²) in [6.07, 6.45) is 0.930. The zero-order valence-corrected chi connectivity index (χ0v) is 13.7. The Labute approximate surface area is 140 Å². The van der Waals surface area contributed by atoms with Gasteiger partial charge in [-0.1, -0.05) is 54.0 Å². The molecule has 0 radical (unpaired) electrons. The molecule has 0 aliphatic rings. The normalized spacial score (nSPS) is 10.6. The van der Waals surface area contributed by atoms with Gasteiger partial charge in [0, 0.05) is 5.56 Å². The molecule has 0 saturated carbocycles. The highest BCUT2D eigenvalue weighted by Crippen LogP contribution is 2.17. The van der Waals surface area contributed by atoms with Gasteiger partial charge in [-0.25, -0.2) is 4.79 Å². The molecule has 0 saturated heterocycles. The van der Waals surface area contributed by atoms with Crippen LogP contribution in [0.1, 0.15) is 34.3 Å². The lowest BCUT2D eigenvalue weighted by atomic mass is 10.1. The number of hydrogen-bond acceptors (Lipinski definition) is 5. The van der Waals surface area contributed by atoms with Gasteiger partial charge in [-0.3, -0.25) is 0 Å². The number of ether oxygens (including phenoxy) is 1. The monoisotopic (exact) mass is 322 g/mol. The van der Waals surface area contributed by atoms with E-state index in [0.717, 1.165) is 17.5 Å². The Morgan fingerprint density at radius 2 is 1.79 bits per heavy atom. The molecule has 122 valence electrons. The highest BCUT2D eigenvalue weighted by molar-refractivity contribution is 5.89. The summed E-state index contributed by atoms with van der Waals surface area (Å²) in [6, 6.07) is 15.1. The van der Waals surface area contributed by atoms with Crippen LogP contribution in [-0.4, -0.2) is 16.1 Å². The van der Waals surface area contributed by atoms with Crippen molar-refractivity contribution in [2.24, 2.45) is 0 Å². The van der Waals surface area contributed by atoms with Crippen molar-refractivity contribution >= 4 is 5.97 Å². The third-order valence-electron chi connectivity index (χ3n) is 3.70. The molecule has 0 aliphatic heterocycles. The summed E-state index contributed by atoms with van der Waals surface area (Å²) in [5, 5.41) is 3.91. The average Bonchev–Trinajstić information content (AvgIpc) is 3.09. The Kier molecular flexibility index (Phi) is 4.70. The van der Waals surface area contributed by atoms with Gasteiger partial charge < -0.3 is 9.26 Å². The van der Waals surface area contributed by atoms with E-state index in [1.54, 1.807) is 12.1 Å². The van der Waals surface area contributed by atoms with Crippen LogP contribution < -0.4 is 0 Å². The molecule has 2 aromatic carbocycles. The van der Waals surface area contributed by atoms with Crippen LogP contribution in [0, 0.1) is 6.92 Å². The maximum absolute atomic E-state index is 12.0. The topological polar surface area (TPSA) is 65.2 Å². The van der Waals surface area contributed by atoms with E-state index in [-0.39, 0.29) is 12.5 Å². The molecule has 3 rings (SSSR count). The molecule has 0 atom stereocenters. The minimum absolute atomic E-state index is 0.0484. The van der Waals surface area contributed by atoms with Gasteiger partial charge in [0.15, 0.2) is 6.61 Å². The second-order valence-electron chi connectivity index (χ2n) is 5.50. The van der Waals surface area contributed by atoms with E-state index in [1.165, 1.54) is 5.56 Å². The summed E-state index contributed by atoms with van der Waals surface area (Å²) in [5.41, 5.74) is 3.69. The standard InChI is InChI=1S/C19H18N2O3/c1-3-14-6-10-16(11-7-14)19(22)23-12-17-20-18(21-24-17)15-8-4-13(2)5-9-15/h4-11H,3,12H2,1-2H3. The predicted molar refractivity (Wildman–Crippen MR) is 89.4 cm³/mol. The van der Waals surface area contributed by atoms with E-state index < -0.39 is 5.97 Å². The van der Waals surface area contributed by atoms with Crippen LogP contribution in [0.25, 0.3) is 11.4 Å². The van der Waals surface area contributed by atoms with Gasteiger partial charge in [0.25, 0.3) is 5.89 Å². The van der Waals surface area contributed by atoms with Gasteiger partial charge in [0.05, 0.1) is 5.56 Å². The summed E-state index contributed by atoms with van der Waals surface area (Å²) in [6.45, 7) is 4.03. The van der Waals surface area contributed by atoms with Crippen molar-refractivity contribution in [1.29, 1.82) is 0 Å². The number of nitrogens with zero attached hydrogens (tertiary/aromatic N) is 2. The number of carbonyl (C=O) groups excluding carboxylic acids is 1. The van der Waals surface area contributed by atoms with E-state index in [2.05, 4.69) is 17.1 Å². The summed E-state index contributed by atoms with van der Waals surface area (Å²) < 4.78 is 10.4. The SMILES string of the molecule is CCc1ccc(C(=O)OCc2nc(-c3ccc(C)cc3)no2)cc1. The van der Waals surface area contributed by atoms with Crippen LogP contribution >= 0.6 is 0 Å². The lowest BCUT2D eigenvalue weighted by molar-refractivity contribution is 0.0430. The maximum Gasteiger partial charge on any atom is 0.338 e. The number of benzene rings is 2. The Morgan fingerprint density at radius 3 is 2.46 bits per heavy atom. The Bertz CT molecular complexity index is 821. The zero-order valence-electron chi connectivity index (χ0n) is 13.7. The number of hydrogen-bond donors (Lipinski definition) is 0. The predicted octanol–water partition coefficient (Wildman–Crippen LogP) is 3.96. The number of rotatable bonds is 5. The summed E-state index contributed by atoms with van der Waals surface area (Å²) in [7, 11) is 0. The molecule has 5 nitrogen and oxygen atoms in total. The second kappa shape index (κ2) is 7.08. The van der Waals surface area contributed by atoms with Crippen LogP contribution in [0.3, 0.4) is 0 Å². The highest BCUT2D eigenvalue weighted by Gasteiger charge is 2.12. The van der Waals surface area contributed by atoms with Crippen LogP contribution in [0.15, 0.2) is 53.1 Å². The zero-order chi connectivity index (χ0) is 16.9. The van der Waals surface area contributed by atoms with Gasteiger partial charge >= 0.3 is 5.97 Å². The molecule has 3 aromatic rings. The summed E-state index contributed by atoms with van der Waals surface area (Å²) in [4.78, 5) is 16.3. The molecule has 0 bridgehead atoms. The van der Waals surface area contributed by atoms with Crippen molar-refractivity contribution in [3.63, 3.8) is 0 Å². The minimum atomic E-state index is -0.410. The first-order valence-electron chi connectivity index (χ1n) is 7.81. The van der Waals surface area contributed by atoms with Gasteiger partial charge in [0.2, 0.25) is 5.82 Å². The molecule has 0 N–H and O–H groups in total. The molecule has 1 aromatic heterocycles. The maximum atomic E-state index is 12.0. The lowest BCUT2D eigenvalue weighted by Crippen LogP contribution is -2.05. The Balaban J connectivity index is 1.62. The van der Waals surface area contributed by atoms with E-state index in [1.807, 2.05) is 43.3 Å². The van der Waals surface area contributed by atoms with Crippen molar-refractivity contribution in [2.45, 2.75) is 26.9 Å². The van der Waals surface area contributed by atoms with Crippen molar-refractivity contribution in [1.82, 2.24) is 10.1 Å². The molecule has 5 heteroatoms. The van der Waals surface area contributed by atoms with Gasteiger partial charge in [-0.15, -0.1) is 0 Å². The fourth-order valence-corrected chi connectivity index (χ4v) is 2.22. The third kappa shape index (κ3) is 3.68. The van der Waals surface area contributed by atoms with Gasteiger partial charge in [-0.2, -0.15) is 4.98 Å². The van der Waals surface area contributed by atoms with Crippen molar-refractivity contribution < 1.29 is 14.1 Å². The van der Waals surface area contributed by atoms with Gasteiger partial charge in [0.1, 0.15) is 0 Å². The van der Waals surface area contributed by atoms with Crippen molar-refractivity contribution in [3.8, 4) is 11.4 Å². The molecule has 1 heterocycles. The van der Waals surface area contributed by atoms with E-state index in [9.17, 15) is 4.79 Å². The van der Waals surface area contributed by atoms with E-state index in [0.29, 0.717) is 11.4 Å². The lowest BCUT2D eigenvalue weighted by Gasteiger charge is -2.02. The average molecular weight is 322 g/mol. The molecular weight excluding hydrogens is 304 g/mol. The quantitative estimate of drug-likeness (QED) is 0.665. The van der Waals surface area contributed by atoms with E-state index in [4.69, 9.17) is 9.26 Å². The van der Waals surface area contributed by atoms with Crippen LogP contribution in [0.4, 0.5) is 0 Å². The molecule has 0 fully saturated rings. The van der Waals surface area contributed by atoms with Crippen LogP contribution in [0.2, 0.25) is 0 Å².